The van der Waals surface area contributed by atoms with Crippen LogP contribution in [0.3, 0.4) is 0 Å². The summed E-state index contributed by atoms with van der Waals surface area (Å²) < 4.78 is 70.8. The molecule has 2 heterocycles. The van der Waals surface area contributed by atoms with Crippen LogP contribution in [0.5, 0.6) is 5.75 Å². The zero-order chi connectivity index (χ0) is 26.3. The number of nitrogens with one attached hydrogen (secondary N) is 2. The second-order valence-corrected chi connectivity index (χ2v) is 9.65. The lowest BCUT2D eigenvalue weighted by Crippen LogP contribution is -2.39. The summed E-state index contributed by atoms with van der Waals surface area (Å²) in [5.74, 6) is -0.478. The molecule has 0 spiro atoms. The fourth-order valence-corrected chi connectivity index (χ4v) is 4.26. The van der Waals surface area contributed by atoms with Crippen LogP contribution in [-0.4, -0.2) is 57.4 Å². The maximum Gasteiger partial charge on any atom is 0.406 e. The first kappa shape index (κ1) is 25.0. The van der Waals surface area contributed by atoms with E-state index in [1.807, 2.05) is 0 Å². The molecule has 0 saturated carbocycles. The Morgan fingerprint density at radius 2 is 1.83 bits per heavy atom. The van der Waals surface area contributed by atoms with Gasteiger partial charge in [-0.25, -0.2) is 13.4 Å². The first-order valence-corrected chi connectivity index (χ1v) is 12.3. The number of ether oxygens (including phenoxy) is 1. The van der Waals surface area contributed by atoms with Gasteiger partial charge >= 0.3 is 6.18 Å². The zero-order valence-corrected chi connectivity index (χ0v) is 20.1. The third-order valence-corrected chi connectivity index (χ3v) is 5.79. The number of anilines is 6. The highest BCUT2D eigenvalue weighted by molar-refractivity contribution is 7.92. The molecule has 0 fully saturated rings. The van der Waals surface area contributed by atoms with Gasteiger partial charge in [0.15, 0.2) is 5.82 Å². The molecule has 0 aliphatic carbocycles. The molecular formula is C22H21F3N6O4S. The van der Waals surface area contributed by atoms with Crippen LogP contribution in [0.2, 0.25) is 0 Å². The van der Waals surface area contributed by atoms with Gasteiger partial charge in [0.2, 0.25) is 16.0 Å². The number of halogens is 3. The molecule has 0 radical (unpaired) electrons. The average molecular weight is 523 g/mol. The molecule has 1 aliphatic rings. The number of benzene rings is 2. The fourth-order valence-electron chi connectivity index (χ4n) is 3.71. The highest BCUT2D eigenvalue weighted by atomic mass is 32.2. The second kappa shape index (κ2) is 9.18. The molecule has 0 atom stereocenters. The number of sulfonamides is 1. The molecule has 0 unspecified atom stereocenters. The molecule has 2 aromatic carbocycles. The van der Waals surface area contributed by atoms with E-state index < -0.39 is 28.7 Å². The molecule has 10 nitrogen and oxygen atoms in total. The van der Waals surface area contributed by atoms with Crippen LogP contribution < -0.4 is 24.6 Å². The van der Waals surface area contributed by atoms with Crippen molar-refractivity contribution in [1.29, 1.82) is 0 Å². The van der Waals surface area contributed by atoms with Crippen molar-refractivity contribution in [2.75, 3.05) is 46.8 Å². The van der Waals surface area contributed by atoms with Gasteiger partial charge < -0.3 is 15.0 Å². The SMILES string of the molecule is COc1cc(NS(C)(=O)=O)ccc1Nc1ncc2c(n1)N(C)c1ccccc1C(=O)N2CC(F)(F)F. The van der Waals surface area contributed by atoms with E-state index >= 15 is 0 Å². The van der Waals surface area contributed by atoms with Gasteiger partial charge in [-0.15, -0.1) is 0 Å². The summed E-state index contributed by atoms with van der Waals surface area (Å²) in [7, 11) is -0.538. The molecule has 190 valence electrons. The lowest BCUT2D eigenvalue weighted by Gasteiger charge is -2.24. The summed E-state index contributed by atoms with van der Waals surface area (Å²) in [4.78, 5) is 23.7. The van der Waals surface area contributed by atoms with Crippen LogP contribution in [0.15, 0.2) is 48.7 Å². The first-order valence-electron chi connectivity index (χ1n) is 10.4. The normalized spacial score (nSPS) is 13.6. The number of alkyl halides is 3. The van der Waals surface area contributed by atoms with Crippen LogP contribution in [-0.2, 0) is 10.0 Å². The number of amides is 1. The van der Waals surface area contributed by atoms with Gasteiger partial charge in [0.05, 0.1) is 42.2 Å². The maximum atomic E-state index is 13.4. The van der Waals surface area contributed by atoms with Crippen molar-refractivity contribution in [3.63, 3.8) is 0 Å². The Hall–Kier alpha value is -4.07. The van der Waals surface area contributed by atoms with Gasteiger partial charge in [0.1, 0.15) is 18.0 Å². The van der Waals surface area contributed by atoms with Crippen molar-refractivity contribution in [1.82, 2.24) is 9.97 Å². The highest BCUT2D eigenvalue weighted by Crippen LogP contribution is 2.40. The van der Waals surface area contributed by atoms with Gasteiger partial charge in [-0.3, -0.25) is 14.4 Å². The van der Waals surface area contributed by atoms with E-state index in [1.165, 1.54) is 36.3 Å². The molecule has 0 saturated heterocycles. The predicted molar refractivity (Wildman–Crippen MR) is 129 cm³/mol. The number of carbonyl (C=O) groups is 1. The molecule has 0 bridgehead atoms. The Morgan fingerprint density at radius 1 is 1.11 bits per heavy atom. The summed E-state index contributed by atoms with van der Waals surface area (Å²) in [5.41, 5.74) is 0.997. The number of hydrogen-bond donors (Lipinski definition) is 2. The molecule has 1 aliphatic heterocycles. The Labute approximate surface area is 204 Å². The van der Waals surface area contributed by atoms with Crippen LogP contribution in [0, 0.1) is 0 Å². The van der Waals surface area contributed by atoms with Gasteiger partial charge in [-0.2, -0.15) is 18.2 Å². The number of para-hydroxylation sites is 1. The van der Waals surface area contributed by atoms with Gasteiger partial charge in [-0.1, -0.05) is 12.1 Å². The van der Waals surface area contributed by atoms with Gasteiger partial charge in [-0.05, 0) is 24.3 Å². The Kier molecular flexibility index (Phi) is 6.39. The summed E-state index contributed by atoms with van der Waals surface area (Å²) in [6.45, 7) is -1.51. The fraction of sp³-hybridized carbons (Fsp3) is 0.227. The van der Waals surface area contributed by atoms with Crippen molar-refractivity contribution in [2.24, 2.45) is 0 Å². The van der Waals surface area contributed by atoms with Crippen molar-refractivity contribution < 1.29 is 31.1 Å². The zero-order valence-electron chi connectivity index (χ0n) is 19.3. The number of nitrogens with zero attached hydrogens (tertiary/aromatic N) is 4. The van der Waals surface area contributed by atoms with Crippen LogP contribution in [0.1, 0.15) is 10.4 Å². The van der Waals surface area contributed by atoms with Crippen molar-refractivity contribution in [3.05, 3.63) is 54.2 Å². The number of fused-ring (bicyclic) bond motifs is 2. The third-order valence-electron chi connectivity index (χ3n) is 5.19. The molecular weight excluding hydrogens is 501 g/mol. The van der Waals surface area contributed by atoms with Gasteiger partial charge in [0.25, 0.3) is 5.91 Å². The minimum absolute atomic E-state index is 0.0153. The Bertz CT molecular complexity index is 1430. The van der Waals surface area contributed by atoms with E-state index in [2.05, 4.69) is 20.0 Å². The lowest BCUT2D eigenvalue weighted by atomic mass is 10.1. The second-order valence-electron chi connectivity index (χ2n) is 7.90. The molecule has 1 aromatic heterocycles. The number of aromatic nitrogens is 2. The van der Waals surface area contributed by atoms with E-state index in [1.54, 1.807) is 25.2 Å². The standard InChI is InChI=1S/C22H21F3N6O4S/c1-30-16-7-5-4-6-14(16)20(32)31(12-22(23,24)25)17-11-26-21(28-19(17)30)27-15-9-8-13(10-18(15)35-2)29-36(3,33)34/h4-11,29H,12H2,1-3H3,(H,26,27,28). The number of carbonyl (C=O) groups excluding carboxylic acids is 1. The minimum Gasteiger partial charge on any atom is -0.494 e. The topological polar surface area (TPSA) is 117 Å². The minimum atomic E-state index is -4.66. The van der Waals surface area contributed by atoms with Crippen molar-refractivity contribution in [3.8, 4) is 5.75 Å². The number of methoxy groups -OCH3 is 1. The predicted octanol–water partition coefficient (Wildman–Crippen LogP) is 3.89. The molecule has 36 heavy (non-hydrogen) atoms. The van der Waals surface area contributed by atoms with Crippen molar-refractivity contribution >= 4 is 50.4 Å². The van der Waals surface area contributed by atoms with E-state index in [0.717, 1.165) is 12.5 Å². The summed E-state index contributed by atoms with van der Waals surface area (Å²) in [6.07, 6.45) is -2.50. The van der Waals surface area contributed by atoms with E-state index in [9.17, 15) is 26.4 Å². The van der Waals surface area contributed by atoms with Gasteiger partial charge in [0, 0.05) is 13.1 Å². The third kappa shape index (κ3) is 5.27. The smallest absolute Gasteiger partial charge is 0.406 e. The number of hydrogen-bond acceptors (Lipinski definition) is 8. The summed E-state index contributed by atoms with van der Waals surface area (Å²) in [6, 6.07) is 10.8. The maximum absolute atomic E-state index is 13.4. The molecule has 3 aromatic rings. The molecule has 4 rings (SSSR count). The Morgan fingerprint density at radius 3 is 2.50 bits per heavy atom. The Balaban J connectivity index is 1.76. The van der Waals surface area contributed by atoms with E-state index in [4.69, 9.17) is 4.74 Å². The highest BCUT2D eigenvalue weighted by Gasteiger charge is 2.39. The van der Waals surface area contributed by atoms with Crippen LogP contribution in [0.25, 0.3) is 0 Å². The summed E-state index contributed by atoms with van der Waals surface area (Å²) in [5, 5.41) is 2.93. The lowest BCUT2D eigenvalue weighted by molar-refractivity contribution is -0.118. The largest absolute Gasteiger partial charge is 0.494 e. The van der Waals surface area contributed by atoms with Crippen molar-refractivity contribution in [2.45, 2.75) is 6.18 Å². The molecule has 14 heteroatoms. The molecule has 2 N–H and O–H groups in total. The van der Waals surface area contributed by atoms with Crippen LogP contribution in [0.4, 0.5) is 47.7 Å². The first-order chi connectivity index (χ1) is 16.9. The van der Waals surface area contributed by atoms with E-state index in [-0.39, 0.29) is 34.5 Å². The molecule has 1 amide bonds. The van der Waals surface area contributed by atoms with E-state index in [0.29, 0.717) is 16.3 Å². The quantitative estimate of drug-likeness (QED) is 0.501. The average Bonchev–Trinajstić information content (AvgIpc) is 2.88. The number of rotatable bonds is 6. The summed E-state index contributed by atoms with van der Waals surface area (Å²) >= 11 is 0. The monoisotopic (exact) mass is 522 g/mol. The van der Waals surface area contributed by atoms with Crippen LogP contribution >= 0.6 is 0 Å².